The molecule has 0 unspecified atom stereocenters. The minimum absolute atomic E-state index is 0.132. The largest absolute Gasteiger partial charge is 0.496 e. The van der Waals surface area contributed by atoms with Gasteiger partial charge in [0, 0.05) is 17.3 Å². The van der Waals surface area contributed by atoms with Gasteiger partial charge in [0.1, 0.15) is 18.1 Å². The number of carboxylic acid groups (broad SMARTS) is 1. The highest BCUT2D eigenvalue weighted by Gasteiger charge is 2.38. The van der Waals surface area contributed by atoms with Crippen molar-refractivity contribution >= 4 is 17.7 Å². The van der Waals surface area contributed by atoms with E-state index in [9.17, 15) is 14.7 Å². The third-order valence-electron chi connectivity index (χ3n) is 4.96. The number of aromatic nitrogens is 1. The molecule has 0 saturated heterocycles. The van der Waals surface area contributed by atoms with Gasteiger partial charge >= 0.3 is 6.09 Å². The molecular weight excluding hydrogens is 398 g/mol. The highest BCUT2D eigenvalue weighted by molar-refractivity contribution is 5.97. The van der Waals surface area contributed by atoms with Gasteiger partial charge in [0.2, 0.25) is 11.8 Å². The Kier molecular flexibility index (Phi) is 7.70. The molecule has 0 spiro atoms. The number of anilines is 1. The van der Waals surface area contributed by atoms with E-state index in [2.05, 4.69) is 10.3 Å². The first-order valence-corrected chi connectivity index (χ1v) is 10.4. The highest BCUT2D eigenvalue weighted by Crippen LogP contribution is 2.35. The van der Waals surface area contributed by atoms with E-state index in [0.29, 0.717) is 35.7 Å². The maximum absolute atomic E-state index is 13.3. The molecule has 8 heteroatoms. The van der Waals surface area contributed by atoms with Gasteiger partial charge in [-0.2, -0.15) is 0 Å². The number of ether oxygens (including phenoxy) is 1. The second-order valence-corrected chi connectivity index (χ2v) is 8.86. The summed E-state index contributed by atoms with van der Waals surface area (Å²) in [5.41, 5.74) is 1.39. The molecule has 2 aromatic rings. The van der Waals surface area contributed by atoms with Crippen LogP contribution in [0.2, 0.25) is 0 Å². The predicted octanol–water partition coefficient (Wildman–Crippen LogP) is 5.04. The van der Waals surface area contributed by atoms with Crippen LogP contribution in [0.3, 0.4) is 0 Å². The molecule has 0 aliphatic carbocycles. The fraction of sp³-hybridized carbons (Fsp3) is 0.522. The monoisotopic (exact) mass is 431 g/mol. The minimum atomic E-state index is -1.12. The molecule has 170 valence electrons. The molecule has 0 fully saturated rings. The lowest BCUT2D eigenvalue weighted by molar-refractivity contribution is -0.123. The Hall–Kier alpha value is -3.03. The Bertz CT molecular complexity index is 901. The molecule has 0 saturated carbocycles. The molecule has 1 aromatic carbocycles. The normalized spacial score (nSPS) is 12.5. The zero-order valence-electron chi connectivity index (χ0n) is 19.4. The molecule has 1 atom stereocenters. The van der Waals surface area contributed by atoms with E-state index < -0.39 is 17.7 Å². The standard InChI is InChI=1S/C23H33N3O5/c1-8-15-12-16(21-24-9-10-31-21)19(30-7)13-17(15)25-20(27)18(11-14(2)3)26(22(28)29)23(4,5)6/h9-10,12-14,18H,8,11H2,1-7H3,(H,25,27)(H,28,29)/t18-/m1/s1. The number of carbonyl (C=O) groups is 2. The number of nitrogens with one attached hydrogen (secondary N) is 1. The average molecular weight is 432 g/mol. The number of oxazole rings is 1. The van der Waals surface area contributed by atoms with Crippen molar-refractivity contribution in [1.29, 1.82) is 0 Å². The summed E-state index contributed by atoms with van der Waals surface area (Å²) in [5, 5.41) is 12.8. The maximum atomic E-state index is 13.3. The summed E-state index contributed by atoms with van der Waals surface area (Å²) in [6, 6.07) is 2.76. The van der Waals surface area contributed by atoms with Crippen LogP contribution in [-0.2, 0) is 11.2 Å². The Labute approximate surface area is 183 Å². The fourth-order valence-electron chi connectivity index (χ4n) is 3.61. The van der Waals surface area contributed by atoms with Crippen molar-refractivity contribution in [2.45, 2.75) is 66.0 Å². The van der Waals surface area contributed by atoms with Gasteiger partial charge < -0.3 is 19.6 Å². The van der Waals surface area contributed by atoms with Crippen molar-refractivity contribution in [2.75, 3.05) is 12.4 Å². The smallest absolute Gasteiger partial charge is 0.408 e. The molecule has 0 bridgehead atoms. The van der Waals surface area contributed by atoms with E-state index in [-0.39, 0.29) is 11.8 Å². The second-order valence-electron chi connectivity index (χ2n) is 8.86. The number of benzene rings is 1. The van der Waals surface area contributed by atoms with Gasteiger partial charge in [0.05, 0.1) is 18.9 Å². The molecule has 2 amide bonds. The summed E-state index contributed by atoms with van der Waals surface area (Å²) < 4.78 is 10.9. The summed E-state index contributed by atoms with van der Waals surface area (Å²) in [7, 11) is 1.53. The lowest BCUT2D eigenvalue weighted by Gasteiger charge is -2.39. The van der Waals surface area contributed by atoms with Crippen LogP contribution in [0.15, 0.2) is 29.0 Å². The van der Waals surface area contributed by atoms with Gasteiger partial charge in [-0.3, -0.25) is 9.69 Å². The van der Waals surface area contributed by atoms with E-state index in [0.717, 1.165) is 5.56 Å². The molecule has 2 N–H and O–H groups in total. The zero-order valence-corrected chi connectivity index (χ0v) is 19.4. The number of nitrogens with zero attached hydrogens (tertiary/aromatic N) is 2. The lowest BCUT2D eigenvalue weighted by Crippen LogP contribution is -2.56. The second kappa shape index (κ2) is 9.85. The molecular formula is C23H33N3O5. The third-order valence-corrected chi connectivity index (χ3v) is 4.96. The molecule has 1 aromatic heterocycles. The number of hydrogen-bond donors (Lipinski definition) is 2. The molecule has 2 rings (SSSR count). The van der Waals surface area contributed by atoms with Gasteiger partial charge in [-0.25, -0.2) is 9.78 Å². The van der Waals surface area contributed by atoms with Crippen LogP contribution in [0.5, 0.6) is 5.75 Å². The molecule has 0 aliphatic rings. The molecule has 31 heavy (non-hydrogen) atoms. The third kappa shape index (κ3) is 5.77. The highest BCUT2D eigenvalue weighted by atomic mass is 16.5. The topological polar surface area (TPSA) is 105 Å². The van der Waals surface area contributed by atoms with Crippen molar-refractivity contribution < 1.29 is 23.8 Å². The fourth-order valence-corrected chi connectivity index (χ4v) is 3.61. The van der Waals surface area contributed by atoms with Crippen LogP contribution in [-0.4, -0.2) is 45.7 Å². The lowest BCUT2D eigenvalue weighted by atomic mass is 9.96. The quantitative estimate of drug-likeness (QED) is 0.606. The number of rotatable bonds is 8. The molecule has 8 nitrogen and oxygen atoms in total. The summed E-state index contributed by atoms with van der Waals surface area (Å²) in [5.74, 6) is 0.687. The summed E-state index contributed by atoms with van der Waals surface area (Å²) in [6.45, 7) is 11.3. The first-order chi connectivity index (χ1) is 14.5. The minimum Gasteiger partial charge on any atom is -0.496 e. The Morgan fingerprint density at radius 2 is 1.97 bits per heavy atom. The van der Waals surface area contributed by atoms with E-state index >= 15 is 0 Å². The van der Waals surface area contributed by atoms with E-state index in [4.69, 9.17) is 9.15 Å². The van der Waals surface area contributed by atoms with Crippen LogP contribution in [0, 0.1) is 5.92 Å². The van der Waals surface area contributed by atoms with Crippen LogP contribution in [0.4, 0.5) is 10.5 Å². The van der Waals surface area contributed by atoms with Gasteiger partial charge in [0.25, 0.3) is 0 Å². The van der Waals surface area contributed by atoms with E-state index in [1.54, 1.807) is 33.0 Å². The summed E-state index contributed by atoms with van der Waals surface area (Å²) in [6.07, 6.45) is 2.96. The van der Waals surface area contributed by atoms with Gasteiger partial charge in [-0.1, -0.05) is 20.8 Å². The van der Waals surface area contributed by atoms with Gasteiger partial charge in [-0.15, -0.1) is 0 Å². The first-order valence-electron chi connectivity index (χ1n) is 10.4. The van der Waals surface area contributed by atoms with Crippen LogP contribution in [0.1, 0.15) is 53.5 Å². The Morgan fingerprint density at radius 1 is 1.29 bits per heavy atom. The van der Waals surface area contributed by atoms with Crippen molar-refractivity contribution in [1.82, 2.24) is 9.88 Å². The zero-order chi connectivity index (χ0) is 23.3. The van der Waals surface area contributed by atoms with Crippen molar-refractivity contribution in [3.05, 3.63) is 30.2 Å². The van der Waals surface area contributed by atoms with Crippen molar-refractivity contribution in [2.24, 2.45) is 5.92 Å². The van der Waals surface area contributed by atoms with E-state index in [1.165, 1.54) is 18.3 Å². The number of hydrogen-bond acceptors (Lipinski definition) is 5. The molecule has 1 heterocycles. The Balaban J connectivity index is 2.46. The summed E-state index contributed by atoms with van der Waals surface area (Å²) >= 11 is 0. The number of carbonyl (C=O) groups excluding carboxylic acids is 1. The predicted molar refractivity (Wildman–Crippen MR) is 119 cm³/mol. The average Bonchev–Trinajstić information content (AvgIpc) is 3.19. The SMILES string of the molecule is CCc1cc(-c2ncco2)c(OC)cc1NC(=O)[C@@H](CC(C)C)N(C(=O)O)C(C)(C)C. The van der Waals surface area contributed by atoms with Gasteiger partial charge in [-0.05, 0) is 51.2 Å². The maximum Gasteiger partial charge on any atom is 0.408 e. The Morgan fingerprint density at radius 3 is 2.42 bits per heavy atom. The number of aryl methyl sites for hydroxylation is 1. The van der Waals surface area contributed by atoms with Crippen molar-refractivity contribution in [3.63, 3.8) is 0 Å². The van der Waals surface area contributed by atoms with E-state index in [1.807, 2.05) is 26.8 Å². The number of amides is 2. The molecule has 0 aliphatic heterocycles. The summed E-state index contributed by atoms with van der Waals surface area (Å²) in [4.78, 5) is 30.8. The number of methoxy groups -OCH3 is 1. The van der Waals surface area contributed by atoms with Crippen LogP contribution < -0.4 is 10.1 Å². The van der Waals surface area contributed by atoms with Gasteiger partial charge in [0.15, 0.2) is 0 Å². The molecule has 0 radical (unpaired) electrons. The van der Waals surface area contributed by atoms with Crippen LogP contribution >= 0.6 is 0 Å². The van der Waals surface area contributed by atoms with Crippen molar-refractivity contribution in [3.8, 4) is 17.2 Å². The van der Waals surface area contributed by atoms with Crippen LogP contribution in [0.25, 0.3) is 11.5 Å². The first kappa shape index (κ1) is 24.2.